The first-order valence-electron chi connectivity index (χ1n) is 6.70. The van der Waals surface area contributed by atoms with Gasteiger partial charge in [-0.2, -0.15) is 0 Å². The maximum atomic E-state index is 11.8. The van der Waals surface area contributed by atoms with E-state index in [-0.39, 0.29) is 11.8 Å². The fraction of sp³-hybridized carbons (Fsp3) is 0.235. The highest BCUT2D eigenvalue weighted by molar-refractivity contribution is 5.94. The quantitative estimate of drug-likeness (QED) is 0.877. The summed E-state index contributed by atoms with van der Waals surface area (Å²) in [7, 11) is 0. The molecule has 0 radical (unpaired) electrons. The van der Waals surface area contributed by atoms with Gasteiger partial charge in [-0.3, -0.25) is 4.79 Å². The lowest BCUT2D eigenvalue weighted by atomic mass is 10.0. The van der Waals surface area contributed by atoms with Crippen LogP contribution in [0.4, 0.5) is 5.69 Å². The fourth-order valence-electron chi connectivity index (χ4n) is 2.11. The maximum Gasteiger partial charge on any atom is 0.227 e. The highest BCUT2D eigenvalue weighted by Crippen LogP contribution is 2.30. The van der Waals surface area contributed by atoms with Gasteiger partial charge in [-0.05, 0) is 43.0 Å². The average Bonchev–Trinajstić information content (AvgIpc) is 3.24. The summed E-state index contributed by atoms with van der Waals surface area (Å²) in [6.07, 6.45) is 2.06. The Bertz CT molecular complexity index is 597. The Balaban J connectivity index is 1.82. The molecule has 1 aliphatic carbocycles. The van der Waals surface area contributed by atoms with Crippen LogP contribution in [-0.4, -0.2) is 5.91 Å². The number of nitrogens with one attached hydrogen (secondary N) is 1. The van der Waals surface area contributed by atoms with Crippen molar-refractivity contribution in [2.24, 2.45) is 5.92 Å². The molecule has 0 heterocycles. The Labute approximate surface area is 113 Å². The molecule has 0 saturated heterocycles. The topological polar surface area (TPSA) is 29.1 Å². The highest BCUT2D eigenvalue weighted by atomic mass is 16.2. The molecule has 2 aromatic rings. The van der Waals surface area contributed by atoms with Crippen molar-refractivity contribution in [3.05, 3.63) is 54.1 Å². The monoisotopic (exact) mass is 251 g/mol. The average molecular weight is 251 g/mol. The number of carbonyl (C=O) groups is 1. The van der Waals surface area contributed by atoms with E-state index in [9.17, 15) is 4.79 Å². The number of anilines is 1. The molecule has 2 heteroatoms. The molecule has 0 bridgehead atoms. The second-order valence-corrected chi connectivity index (χ2v) is 5.21. The smallest absolute Gasteiger partial charge is 0.227 e. The van der Waals surface area contributed by atoms with Crippen LogP contribution >= 0.6 is 0 Å². The van der Waals surface area contributed by atoms with Gasteiger partial charge in [0.1, 0.15) is 0 Å². The van der Waals surface area contributed by atoms with Gasteiger partial charge in [0.25, 0.3) is 0 Å². The summed E-state index contributed by atoms with van der Waals surface area (Å²) in [4.78, 5) is 11.8. The second-order valence-electron chi connectivity index (χ2n) is 5.21. The molecule has 0 spiro atoms. The van der Waals surface area contributed by atoms with Crippen molar-refractivity contribution in [2.75, 3.05) is 5.32 Å². The van der Waals surface area contributed by atoms with Crippen LogP contribution in [0.25, 0.3) is 11.1 Å². The van der Waals surface area contributed by atoms with Crippen molar-refractivity contribution in [1.82, 2.24) is 0 Å². The predicted octanol–water partition coefficient (Wildman–Crippen LogP) is 4.01. The molecule has 1 N–H and O–H groups in total. The Kier molecular flexibility index (Phi) is 3.08. The summed E-state index contributed by atoms with van der Waals surface area (Å²) in [6.45, 7) is 2.08. The fourth-order valence-corrected chi connectivity index (χ4v) is 2.11. The summed E-state index contributed by atoms with van der Waals surface area (Å²) in [5.74, 6) is 0.393. The Morgan fingerprint density at radius 3 is 2.47 bits per heavy atom. The lowest BCUT2D eigenvalue weighted by Crippen LogP contribution is -2.13. The minimum Gasteiger partial charge on any atom is -0.326 e. The van der Waals surface area contributed by atoms with Gasteiger partial charge in [0.05, 0.1) is 0 Å². The van der Waals surface area contributed by atoms with E-state index in [4.69, 9.17) is 0 Å². The molecule has 0 aromatic heterocycles. The summed E-state index contributed by atoms with van der Waals surface area (Å²) in [6, 6.07) is 16.4. The third kappa shape index (κ3) is 2.84. The molecule has 0 unspecified atom stereocenters. The Morgan fingerprint density at radius 2 is 1.79 bits per heavy atom. The number of carbonyl (C=O) groups excluding carboxylic acids is 1. The number of rotatable bonds is 3. The molecular weight excluding hydrogens is 234 g/mol. The molecule has 1 amide bonds. The molecule has 1 fully saturated rings. The second kappa shape index (κ2) is 4.88. The van der Waals surface area contributed by atoms with Crippen LogP contribution in [0.15, 0.2) is 48.5 Å². The van der Waals surface area contributed by atoms with Crippen molar-refractivity contribution >= 4 is 11.6 Å². The predicted molar refractivity (Wildman–Crippen MR) is 78.0 cm³/mol. The maximum absolute atomic E-state index is 11.8. The minimum atomic E-state index is 0.154. The van der Waals surface area contributed by atoms with E-state index in [1.807, 2.05) is 18.2 Å². The van der Waals surface area contributed by atoms with Gasteiger partial charge >= 0.3 is 0 Å². The molecule has 0 atom stereocenters. The zero-order chi connectivity index (χ0) is 13.2. The van der Waals surface area contributed by atoms with Gasteiger partial charge < -0.3 is 5.32 Å². The molecule has 1 saturated carbocycles. The number of benzene rings is 2. The molecule has 1 aliphatic rings. The van der Waals surface area contributed by atoms with Crippen molar-refractivity contribution in [1.29, 1.82) is 0 Å². The summed E-state index contributed by atoms with van der Waals surface area (Å²) in [5.41, 5.74) is 4.44. The van der Waals surface area contributed by atoms with E-state index >= 15 is 0 Å². The van der Waals surface area contributed by atoms with Gasteiger partial charge in [0.15, 0.2) is 0 Å². The van der Waals surface area contributed by atoms with Crippen molar-refractivity contribution < 1.29 is 4.79 Å². The standard InChI is InChI=1S/C17H17NO/c1-12-5-7-13(8-6-12)15-3-2-4-16(11-15)18-17(19)14-9-10-14/h2-8,11,14H,9-10H2,1H3,(H,18,19). The van der Waals surface area contributed by atoms with E-state index in [0.29, 0.717) is 0 Å². The first kappa shape index (κ1) is 12.0. The van der Waals surface area contributed by atoms with Crippen molar-refractivity contribution in [2.45, 2.75) is 19.8 Å². The Hall–Kier alpha value is -2.09. The molecule has 2 aromatic carbocycles. The first-order valence-corrected chi connectivity index (χ1v) is 6.70. The van der Waals surface area contributed by atoms with Crippen molar-refractivity contribution in [3.63, 3.8) is 0 Å². The third-order valence-corrected chi connectivity index (χ3v) is 3.46. The molecular formula is C17H17NO. The van der Waals surface area contributed by atoms with Crippen LogP contribution in [0.1, 0.15) is 18.4 Å². The van der Waals surface area contributed by atoms with Gasteiger partial charge in [-0.15, -0.1) is 0 Å². The summed E-state index contributed by atoms with van der Waals surface area (Å²) >= 11 is 0. The van der Waals surface area contributed by atoms with Gasteiger partial charge in [-0.1, -0.05) is 42.0 Å². The lowest BCUT2D eigenvalue weighted by molar-refractivity contribution is -0.117. The molecule has 2 nitrogen and oxygen atoms in total. The van der Waals surface area contributed by atoms with Gasteiger partial charge in [-0.25, -0.2) is 0 Å². The van der Waals surface area contributed by atoms with Crippen LogP contribution < -0.4 is 5.32 Å². The number of aryl methyl sites for hydroxylation is 1. The van der Waals surface area contributed by atoms with Crippen LogP contribution in [0.3, 0.4) is 0 Å². The molecule has 0 aliphatic heterocycles. The largest absolute Gasteiger partial charge is 0.326 e. The molecule has 19 heavy (non-hydrogen) atoms. The Morgan fingerprint density at radius 1 is 1.05 bits per heavy atom. The van der Waals surface area contributed by atoms with Crippen LogP contribution in [0.5, 0.6) is 0 Å². The van der Waals surface area contributed by atoms with E-state index in [1.54, 1.807) is 0 Å². The zero-order valence-corrected chi connectivity index (χ0v) is 11.0. The number of amides is 1. The van der Waals surface area contributed by atoms with E-state index in [1.165, 1.54) is 11.1 Å². The normalized spacial score (nSPS) is 14.2. The molecule has 96 valence electrons. The van der Waals surface area contributed by atoms with Crippen LogP contribution in [0.2, 0.25) is 0 Å². The van der Waals surface area contributed by atoms with Crippen molar-refractivity contribution in [3.8, 4) is 11.1 Å². The van der Waals surface area contributed by atoms with Gasteiger partial charge in [0, 0.05) is 11.6 Å². The van der Waals surface area contributed by atoms with E-state index in [0.717, 1.165) is 24.1 Å². The third-order valence-electron chi connectivity index (χ3n) is 3.46. The summed E-state index contributed by atoms with van der Waals surface area (Å²) < 4.78 is 0. The number of hydrogen-bond acceptors (Lipinski definition) is 1. The van der Waals surface area contributed by atoms with Gasteiger partial charge in [0.2, 0.25) is 5.91 Å². The molecule has 3 rings (SSSR count). The lowest BCUT2D eigenvalue weighted by Gasteiger charge is -2.07. The van der Waals surface area contributed by atoms with Crippen LogP contribution in [-0.2, 0) is 4.79 Å². The highest BCUT2D eigenvalue weighted by Gasteiger charge is 2.29. The first-order chi connectivity index (χ1) is 9.22. The van der Waals surface area contributed by atoms with Crippen LogP contribution in [0, 0.1) is 12.8 Å². The summed E-state index contributed by atoms with van der Waals surface area (Å²) in [5, 5.41) is 2.99. The number of hydrogen-bond donors (Lipinski definition) is 1. The SMILES string of the molecule is Cc1ccc(-c2cccc(NC(=O)C3CC3)c2)cc1. The zero-order valence-electron chi connectivity index (χ0n) is 11.0. The van der Waals surface area contributed by atoms with E-state index in [2.05, 4.69) is 42.6 Å². The van der Waals surface area contributed by atoms with E-state index < -0.39 is 0 Å². The minimum absolute atomic E-state index is 0.154.